The molecule has 0 saturated carbocycles. The van der Waals surface area contributed by atoms with Crippen molar-refractivity contribution in [3.8, 4) is 11.5 Å². The van der Waals surface area contributed by atoms with Gasteiger partial charge in [-0.3, -0.25) is 9.79 Å². The third-order valence-electron chi connectivity index (χ3n) is 4.67. The number of hydrogen-bond acceptors (Lipinski definition) is 5. The normalized spacial score (nSPS) is 12.2. The maximum Gasteiger partial charge on any atom is 0.251 e. The Hall–Kier alpha value is -3.26. The van der Waals surface area contributed by atoms with Gasteiger partial charge in [-0.25, -0.2) is 0 Å². The number of aliphatic imine (C=N–C) groups is 1. The molecule has 2 aromatic carbocycles. The summed E-state index contributed by atoms with van der Waals surface area (Å²) < 4.78 is 11.3. The van der Waals surface area contributed by atoms with Crippen LogP contribution in [-0.2, 0) is 6.54 Å². The number of hydrogen-bond donors (Lipinski definition) is 3. The van der Waals surface area contributed by atoms with Crippen molar-refractivity contribution in [2.45, 2.75) is 19.6 Å². The zero-order chi connectivity index (χ0) is 23.3. The van der Waals surface area contributed by atoms with Crippen LogP contribution in [0.1, 0.15) is 22.8 Å². The Morgan fingerprint density at radius 1 is 1.06 bits per heavy atom. The minimum Gasteiger partial charge on any atom is -0.493 e. The van der Waals surface area contributed by atoms with E-state index in [1.165, 1.54) is 0 Å². The maximum atomic E-state index is 12.3. The number of ether oxygens (including phenoxy) is 2. The van der Waals surface area contributed by atoms with E-state index in [4.69, 9.17) is 9.47 Å². The predicted octanol–water partition coefficient (Wildman–Crippen LogP) is 2.12. The largest absolute Gasteiger partial charge is 0.493 e. The smallest absolute Gasteiger partial charge is 0.251 e. The van der Waals surface area contributed by atoms with Crippen molar-refractivity contribution in [2.24, 2.45) is 4.99 Å². The van der Waals surface area contributed by atoms with Crippen LogP contribution in [0.4, 0.5) is 0 Å². The molecular formula is C24H35N5O3. The number of methoxy groups -OCH3 is 1. The van der Waals surface area contributed by atoms with Crippen molar-refractivity contribution in [1.29, 1.82) is 0 Å². The van der Waals surface area contributed by atoms with Crippen LogP contribution in [0.2, 0.25) is 0 Å². The van der Waals surface area contributed by atoms with Gasteiger partial charge in [-0.1, -0.05) is 24.3 Å². The maximum absolute atomic E-state index is 12.3. The van der Waals surface area contributed by atoms with Crippen molar-refractivity contribution in [3.05, 3.63) is 59.7 Å². The second-order valence-corrected chi connectivity index (χ2v) is 7.65. The van der Waals surface area contributed by atoms with Crippen molar-refractivity contribution in [3.63, 3.8) is 0 Å². The number of guanidine groups is 1. The molecular weight excluding hydrogens is 406 g/mol. The fourth-order valence-electron chi connectivity index (χ4n) is 2.94. The molecule has 0 saturated heterocycles. The van der Waals surface area contributed by atoms with Gasteiger partial charge < -0.3 is 30.3 Å². The quantitative estimate of drug-likeness (QED) is 0.366. The van der Waals surface area contributed by atoms with E-state index < -0.39 is 0 Å². The van der Waals surface area contributed by atoms with E-state index in [9.17, 15) is 4.79 Å². The first-order valence-electron chi connectivity index (χ1n) is 10.7. The number of benzene rings is 2. The molecule has 0 aromatic heterocycles. The van der Waals surface area contributed by atoms with E-state index in [0.29, 0.717) is 42.7 Å². The second-order valence-electron chi connectivity index (χ2n) is 7.65. The summed E-state index contributed by atoms with van der Waals surface area (Å²) in [6, 6.07) is 15.1. The summed E-state index contributed by atoms with van der Waals surface area (Å²) in [6.07, 6.45) is -0.0981. The average molecular weight is 442 g/mol. The van der Waals surface area contributed by atoms with Gasteiger partial charge in [0.05, 0.1) is 13.7 Å². The van der Waals surface area contributed by atoms with Crippen LogP contribution in [0.15, 0.2) is 53.5 Å². The molecule has 0 fully saturated rings. The molecule has 32 heavy (non-hydrogen) atoms. The molecule has 8 nitrogen and oxygen atoms in total. The summed E-state index contributed by atoms with van der Waals surface area (Å²) >= 11 is 0. The molecule has 3 N–H and O–H groups in total. The lowest BCUT2D eigenvalue weighted by Gasteiger charge is -2.19. The Morgan fingerprint density at radius 3 is 2.50 bits per heavy atom. The van der Waals surface area contributed by atoms with E-state index in [-0.39, 0.29) is 12.0 Å². The first kappa shape index (κ1) is 25.0. The second kappa shape index (κ2) is 13.2. The van der Waals surface area contributed by atoms with Crippen molar-refractivity contribution < 1.29 is 14.3 Å². The monoisotopic (exact) mass is 441 g/mol. The third kappa shape index (κ3) is 8.47. The Kier molecular flexibility index (Phi) is 10.3. The van der Waals surface area contributed by atoms with E-state index in [1.807, 2.05) is 74.4 Å². The van der Waals surface area contributed by atoms with Crippen LogP contribution in [0.3, 0.4) is 0 Å². The van der Waals surface area contributed by atoms with Gasteiger partial charge in [-0.05, 0) is 50.8 Å². The summed E-state index contributed by atoms with van der Waals surface area (Å²) in [7, 11) is 7.30. The van der Waals surface area contributed by atoms with Crippen molar-refractivity contribution in [2.75, 3.05) is 47.9 Å². The molecule has 0 heterocycles. The van der Waals surface area contributed by atoms with Gasteiger partial charge in [-0.2, -0.15) is 0 Å². The zero-order valence-corrected chi connectivity index (χ0v) is 19.6. The SMILES string of the molecule is CN=C(NCc1cccc(C(=O)NCCN(C)C)c1)NCC(C)Oc1ccccc1OC. The van der Waals surface area contributed by atoms with Crippen molar-refractivity contribution in [1.82, 2.24) is 20.9 Å². The van der Waals surface area contributed by atoms with E-state index in [1.54, 1.807) is 14.2 Å². The fourth-order valence-corrected chi connectivity index (χ4v) is 2.94. The van der Waals surface area contributed by atoms with Crippen LogP contribution in [0.5, 0.6) is 11.5 Å². The number of rotatable bonds is 11. The number of carbonyl (C=O) groups excluding carboxylic acids is 1. The number of amides is 1. The fraction of sp³-hybridized carbons (Fsp3) is 0.417. The molecule has 174 valence electrons. The number of likely N-dealkylation sites (N-methyl/N-ethyl adjacent to an activating group) is 1. The molecule has 0 aliphatic carbocycles. The first-order chi connectivity index (χ1) is 15.4. The molecule has 0 radical (unpaired) electrons. The Balaban J connectivity index is 1.82. The molecule has 8 heteroatoms. The third-order valence-corrected chi connectivity index (χ3v) is 4.67. The summed E-state index contributed by atoms with van der Waals surface area (Å²) in [4.78, 5) is 18.6. The molecule has 1 atom stereocenters. The lowest BCUT2D eigenvalue weighted by Crippen LogP contribution is -2.41. The standard InChI is InChI=1S/C24H35N5O3/c1-18(32-22-12-7-6-11-21(22)31-5)16-27-24(25-2)28-17-19-9-8-10-20(15-19)23(30)26-13-14-29(3)4/h6-12,15,18H,13-14,16-17H2,1-5H3,(H,26,30)(H2,25,27,28). The first-order valence-corrected chi connectivity index (χ1v) is 10.7. The van der Waals surface area contributed by atoms with E-state index >= 15 is 0 Å². The summed E-state index contributed by atoms with van der Waals surface area (Å²) in [6.45, 7) is 4.49. The highest BCUT2D eigenvalue weighted by Crippen LogP contribution is 2.26. The van der Waals surface area contributed by atoms with Gasteiger partial charge in [0.25, 0.3) is 5.91 Å². The van der Waals surface area contributed by atoms with Crippen LogP contribution in [0, 0.1) is 0 Å². The molecule has 0 aliphatic rings. The average Bonchev–Trinajstić information content (AvgIpc) is 2.79. The van der Waals surface area contributed by atoms with Gasteiger partial charge >= 0.3 is 0 Å². The van der Waals surface area contributed by atoms with Gasteiger partial charge in [0, 0.05) is 32.2 Å². The summed E-state index contributed by atoms with van der Waals surface area (Å²) in [5.41, 5.74) is 1.64. The minimum absolute atomic E-state index is 0.0708. The highest BCUT2D eigenvalue weighted by Gasteiger charge is 2.10. The Bertz CT molecular complexity index is 885. The van der Waals surface area contributed by atoms with Gasteiger partial charge in [0.1, 0.15) is 6.10 Å². The summed E-state index contributed by atoms with van der Waals surface area (Å²) in [5.74, 6) is 1.99. The topological polar surface area (TPSA) is 87.2 Å². The van der Waals surface area contributed by atoms with Crippen LogP contribution in [0.25, 0.3) is 0 Å². The zero-order valence-electron chi connectivity index (χ0n) is 19.6. The highest BCUT2D eigenvalue weighted by atomic mass is 16.5. The molecule has 0 bridgehead atoms. The molecule has 0 spiro atoms. The van der Waals surface area contributed by atoms with Gasteiger partial charge in [0.2, 0.25) is 0 Å². The van der Waals surface area contributed by atoms with E-state index in [0.717, 1.165) is 12.1 Å². The Labute approximate surface area is 191 Å². The number of carbonyl (C=O) groups is 1. The van der Waals surface area contributed by atoms with Crippen molar-refractivity contribution >= 4 is 11.9 Å². The van der Waals surface area contributed by atoms with Gasteiger partial charge in [-0.15, -0.1) is 0 Å². The minimum atomic E-state index is -0.0981. The predicted molar refractivity (Wildman–Crippen MR) is 129 cm³/mol. The lowest BCUT2D eigenvalue weighted by molar-refractivity contribution is 0.0951. The molecule has 1 amide bonds. The molecule has 2 rings (SSSR count). The molecule has 2 aromatic rings. The lowest BCUT2D eigenvalue weighted by atomic mass is 10.1. The highest BCUT2D eigenvalue weighted by molar-refractivity contribution is 5.94. The van der Waals surface area contributed by atoms with E-state index in [2.05, 4.69) is 20.9 Å². The Morgan fingerprint density at radius 2 is 1.81 bits per heavy atom. The molecule has 0 aliphatic heterocycles. The van der Waals surface area contributed by atoms with Crippen LogP contribution < -0.4 is 25.4 Å². The number of nitrogens with zero attached hydrogens (tertiary/aromatic N) is 2. The molecule has 1 unspecified atom stereocenters. The number of nitrogens with one attached hydrogen (secondary N) is 3. The van der Waals surface area contributed by atoms with Gasteiger partial charge in [0.15, 0.2) is 17.5 Å². The van der Waals surface area contributed by atoms with Crippen LogP contribution in [-0.4, -0.2) is 70.8 Å². The number of para-hydroxylation sites is 2. The summed E-state index contributed by atoms with van der Waals surface area (Å²) in [5, 5.41) is 9.47. The van der Waals surface area contributed by atoms with Crippen LogP contribution >= 0.6 is 0 Å².